The second-order valence-electron chi connectivity index (χ2n) is 5.07. The quantitative estimate of drug-likeness (QED) is 0.648. The van der Waals surface area contributed by atoms with Gasteiger partial charge < -0.3 is 0 Å². The van der Waals surface area contributed by atoms with Crippen LogP contribution in [0.1, 0.15) is 10.5 Å². The zero-order valence-electron chi connectivity index (χ0n) is 13.3. The summed E-state index contributed by atoms with van der Waals surface area (Å²) in [6, 6.07) is 3.27. The summed E-state index contributed by atoms with van der Waals surface area (Å²) in [7, 11) is 2.73. The van der Waals surface area contributed by atoms with Crippen LogP contribution in [0.25, 0.3) is 5.69 Å². The molecule has 0 spiro atoms. The fraction of sp³-hybridized carbons (Fsp3) is 0.154. The van der Waals surface area contributed by atoms with E-state index in [-0.39, 0.29) is 16.7 Å². The molecule has 0 aliphatic rings. The molecule has 1 amide bonds. The van der Waals surface area contributed by atoms with Crippen molar-refractivity contribution in [2.75, 3.05) is 5.32 Å². The summed E-state index contributed by atoms with van der Waals surface area (Å²) in [5.74, 6) is -1.67. The van der Waals surface area contributed by atoms with Crippen LogP contribution in [0.4, 0.5) is 10.3 Å². The van der Waals surface area contributed by atoms with Gasteiger partial charge in [0.05, 0.1) is 10.7 Å². The average molecular weight is 381 g/mol. The number of aryl methyl sites for hydroxylation is 2. The summed E-state index contributed by atoms with van der Waals surface area (Å²) >= 11 is 5.70. The fourth-order valence-corrected chi connectivity index (χ4v) is 2.24. The van der Waals surface area contributed by atoms with E-state index in [1.807, 2.05) is 0 Å². The number of rotatable bonds is 3. The Labute approximate surface area is 148 Å². The number of benzene rings is 1. The van der Waals surface area contributed by atoms with Gasteiger partial charge in [0.25, 0.3) is 11.5 Å². The summed E-state index contributed by atoms with van der Waals surface area (Å²) in [4.78, 5) is 37.3. The summed E-state index contributed by atoms with van der Waals surface area (Å²) < 4.78 is 16.0. The Morgan fingerprint density at radius 1 is 1.23 bits per heavy atom. The number of amides is 1. The van der Waals surface area contributed by atoms with Crippen LogP contribution < -0.4 is 16.6 Å². The zero-order valence-corrected chi connectivity index (χ0v) is 14.1. The number of aromatic nitrogens is 7. The van der Waals surface area contributed by atoms with Gasteiger partial charge in [0.15, 0.2) is 0 Å². The highest BCUT2D eigenvalue weighted by atomic mass is 35.5. The standard InChI is InChI=1S/C13H10ClFN8O3/c1-21-12(17-19-20-21)16-10(24)9-11(25)23(13(26)22(2)18-9)6-3-4-8(15)7(14)5-6/h3-5H,1-2H3,(H,16,17,20,24). The number of halogens is 2. The predicted molar refractivity (Wildman–Crippen MR) is 86.8 cm³/mol. The van der Waals surface area contributed by atoms with Gasteiger partial charge in [0, 0.05) is 14.1 Å². The minimum Gasteiger partial charge on any atom is -0.288 e. The smallest absolute Gasteiger partial charge is 0.288 e. The molecule has 26 heavy (non-hydrogen) atoms. The molecule has 2 heterocycles. The Bertz CT molecular complexity index is 1140. The first-order chi connectivity index (χ1) is 12.3. The van der Waals surface area contributed by atoms with E-state index in [9.17, 15) is 18.8 Å². The van der Waals surface area contributed by atoms with Crippen molar-refractivity contribution < 1.29 is 9.18 Å². The van der Waals surface area contributed by atoms with E-state index >= 15 is 0 Å². The minimum atomic E-state index is -1.01. The molecule has 0 aliphatic heterocycles. The molecule has 0 radical (unpaired) electrons. The first-order valence-electron chi connectivity index (χ1n) is 6.99. The lowest BCUT2D eigenvalue weighted by atomic mass is 10.3. The van der Waals surface area contributed by atoms with E-state index in [4.69, 9.17) is 11.6 Å². The Hall–Kier alpha value is -3.41. The summed E-state index contributed by atoms with van der Waals surface area (Å²) in [6.45, 7) is 0. The van der Waals surface area contributed by atoms with Crippen molar-refractivity contribution in [2.24, 2.45) is 14.1 Å². The van der Waals surface area contributed by atoms with E-state index in [0.717, 1.165) is 21.5 Å². The van der Waals surface area contributed by atoms with Gasteiger partial charge in [-0.15, -0.1) is 0 Å². The normalized spacial score (nSPS) is 10.8. The lowest BCUT2D eigenvalue weighted by molar-refractivity contribution is 0.101. The Morgan fingerprint density at radius 2 is 1.96 bits per heavy atom. The largest absolute Gasteiger partial charge is 0.351 e. The van der Waals surface area contributed by atoms with Crippen LogP contribution in [-0.4, -0.2) is 40.5 Å². The maximum atomic E-state index is 13.4. The molecular formula is C13H10ClFN8O3. The van der Waals surface area contributed by atoms with E-state index in [2.05, 4.69) is 25.9 Å². The Balaban J connectivity index is 2.14. The lowest BCUT2D eigenvalue weighted by Crippen LogP contribution is -2.43. The number of hydrogen-bond acceptors (Lipinski definition) is 7. The van der Waals surface area contributed by atoms with Gasteiger partial charge in [-0.25, -0.2) is 23.1 Å². The third-order valence-corrected chi connectivity index (χ3v) is 3.64. The Morgan fingerprint density at radius 3 is 2.58 bits per heavy atom. The van der Waals surface area contributed by atoms with Crippen LogP contribution >= 0.6 is 11.6 Å². The highest BCUT2D eigenvalue weighted by Crippen LogP contribution is 2.17. The van der Waals surface area contributed by atoms with Crippen molar-refractivity contribution in [3.8, 4) is 5.69 Å². The van der Waals surface area contributed by atoms with Crippen molar-refractivity contribution in [2.45, 2.75) is 0 Å². The highest BCUT2D eigenvalue weighted by molar-refractivity contribution is 6.30. The zero-order chi connectivity index (χ0) is 19.0. The molecule has 0 fully saturated rings. The minimum absolute atomic E-state index is 0.0150. The van der Waals surface area contributed by atoms with Gasteiger partial charge >= 0.3 is 5.69 Å². The van der Waals surface area contributed by atoms with E-state index in [1.165, 1.54) is 20.2 Å². The molecule has 13 heteroatoms. The number of nitrogens with one attached hydrogen (secondary N) is 1. The summed E-state index contributed by atoms with van der Waals surface area (Å²) in [5.41, 5.74) is -2.45. The van der Waals surface area contributed by atoms with Crippen molar-refractivity contribution in [1.29, 1.82) is 0 Å². The van der Waals surface area contributed by atoms with Crippen molar-refractivity contribution in [3.05, 3.63) is 55.6 Å². The molecule has 2 aromatic heterocycles. The molecule has 0 saturated heterocycles. The van der Waals surface area contributed by atoms with Gasteiger partial charge in [-0.1, -0.05) is 16.7 Å². The molecule has 0 unspecified atom stereocenters. The first kappa shape index (κ1) is 17.4. The van der Waals surface area contributed by atoms with Crippen molar-refractivity contribution >= 4 is 23.5 Å². The van der Waals surface area contributed by atoms with Gasteiger partial charge in [0.2, 0.25) is 11.6 Å². The molecule has 3 aromatic rings. The number of anilines is 1. The number of nitrogens with zero attached hydrogens (tertiary/aromatic N) is 7. The first-order valence-corrected chi connectivity index (χ1v) is 7.37. The van der Waals surface area contributed by atoms with Gasteiger partial charge in [-0.2, -0.15) is 5.10 Å². The van der Waals surface area contributed by atoms with Gasteiger partial charge in [-0.3, -0.25) is 14.9 Å². The number of hydrogen-bond donors (Lipinski definition) is 1. The average Bonchev–Trinajstić information content (AvgIpc) is 2.99. The molecule has 1 N–H and O–H groups in total. The molecule has 0 bridgehead atoms. The van der Waals surface area contributed by atoms with E-state index in [1.54, 1.807) is 0 Å². The number of tetrazole rings is 1. The molecule has 0 aliphatic carbocycles. The SMILES string of the molecule is Cn1nnnc1NC(=O)c1nn(C)c(=O)n(-c2ccc(F)c(Cl)c2)c1=O. The predicted octanol–water partition coefficient (Wildman–Crippen LogP) is -0.501. The summed E-state index contributed by atoms with van der Waals surface area (Å²) in [5, 5.41) is 16.1. The van der Waals surface area contributed by atoms with E-state index < -0.39 is 28.7 Å². The van der Waals surface area contributed by atoms with Crippen LogP contribution in [0.15, 0.2) is 27.8 Å². The van der Waals surface area contributed by atoms with Crippen LogP contribution in [0.5, 0.6) is 0 Å². The molecule has 1 aromatic carbocycles. The monoisotopic (exact) mass is 380 g/mol. The molecular weight excluding hydrogens is 371 g/mol. The van der Waals surface area contributed by atoms with Crippen molar-refractivity contribution in [3.63, 3.8) is 0 Å². The Kier molecular flexibility index (Phi) is 4.34. The van der Waals surface area contributed by atoms with Gasteiger partial charge in [0.1, 0.15) is 5.82 Å². The second kappa shape index (κ2) is 6.48. The van der Waals surface area contributed by atoms with E-state index in [0.29, 0.717) is 4.57 Å². The van der Waals surface area contributed by atoms with Crippen LogP contribution in [0.3, 0.4) is 0 Å². The fourth-order valence-electron chi connectivity index (χ4n) is 2.06. The third-order valence-electron chi connectivity index (χ3n) is 3.35. The topological polar surface area (TPSA) is 130 Å². The van der Waals surface area contributed by atoms with Crippen LogP contribution in [0.2, 0.25) is 5.02 Å². The highest BCUT2D eigenvalue weighted by Gasteiger charge is 2.21. The third kappa shape index (κ3) is 2.97. The molecule has 3 rings (SSSR count). The van der Waals surface area contributed by atoms with Crippen molar-refractivity contribution in [1.82, 2.24) is 34.6 Å². The maximum absolute atomic E-state index is 13.4. The molecule has 11 nitrogen and oxygen atoms in total. The number of carbonyl (C=O) groups is 1. The summed E-state index contributed by atoms with van der Waals surface area (Å²) in [6.07, 6.45) is 0. The second-order valence-corrected chi connectivity index (χ2v) is 5.48. The lowest BCUT2D eigenvalue weighted by Gasteiger charge is -2.09. The van der Waals surface area contributed by atoms with Crippen LogP contribution in [0, 0.1) is 5.82 Å². The van der Waals surface area contributed by atoms with Crippen LogP contribution in [-0.2, 0) is 14.1 Å². The van der Waals surface area contributed by atoms with Gasteiger partial charge in [-0.05, 0) is 28.6 Å². The molecule has 0 saturated carbocycles. The maximum Gasteiger partial charge on any atom is 0.351 e. The number of carbonyl (C=O) groups excluding carboxylic acids is 1. The molecule has 0 atom stereocenters. The molecule has 134 valence electrons.